The minimum absolute atomic E-state index is 0. The first-order chi connectivity index (χ1) is 9.01. The number of carboxylic acids is 2. The molecule has 0 unspecified atom stereocenters. The maximum Gasteiger partial charge on any atom is 1.00 e. The summed E-state index contributed by atoms with van der Waals surface area (Å²) in [5.74, 6) is -2.35. The average molecular weight is 312 g/mol. The molecule has 5 heteroatoms. The molecule has 0 atom stereocenters. The number of hydrogen-bond donors (Lipinski definition) is 2. The molecular formula is C15H29KO4. The smallest absolute Gasteiger partial charge is 1.00 e. The van der Waals surface area contributed by atoms with Crippen molar-refractivity contribution in [3.8, 4) is 0 Å². The van der Waals surface area contributed by atoms with Crippen molar-refractivity contribution < 1.29 is 72.6 Å². The van der Waals surface area contributed by atoms with E-state index in [0.29, 0.717) is 12.8 Å². The molecule has 0 aliphatic rings. The molecule has 0 amide bonds. The van der Waals surface area contributed by atoms with Gasteiger partial charge in [-0.05, 0) is 12.8 Å². The van der Waals surface area contributed by atoms with Gasteiger partial charge in [0, 0.05) is 0 Å². The molecule has 0 aliphatic heterocycles. The van der Waals surface area contributed by atoms with Gasteiger partial charge in [0.25, 0.3) is 0 Å². The molecular weight excluding hydrogens is 283 g/mol. The van der Waals surface area contributed by atoms with Gasteiger partial charge in [0.05, 0.1) is 0 Å². The van der Waals surface area contributed by atoms with Gasteiger partial charge in [0.1, 0.15) is 0 Å². The van der Waals surface area contributed by atoms with Gasteiger partial charge in [-0.1, -0.05) is 65.2 Å². The number of unbranched alkanes of at least 4 members (excludes halogenated alkanes) is 6. The fraction of sp³-hybridized carbons (Fsp3) is 0.867. The van der Waals surface area contributed by atoms with Crippen molar-refractivity contribution in [2.24, 2.45) is 5.41 Å². The molecule has 114 valence electrons. The van der Waals surface area contributed by atoms with E-state index < -0.39 is 17.4 Å². The largest absolute Gasteiger partial charge is 1.00 e. The van der Waals surface area contributed by atoms with Gasteiger partial charge >= 0.3 is 63.3 Å². The number of hydrogen-bond acceptors (Lipinski definition) is 2. The molecule has 0 saturated carbocycles. The molecule has 0 aromatic carbocycles. The van der Waals surface area contributed by atoms with Crippen LogP contribution < -0.4 is 51.4 Å². The fourth-order valence-electron chi connectivity index (χ4n) is 2.35. The minimum atomic E-state index is -1.57. The van der Waals surface area contributed by atoms with Crippen LogP contribution in [0.3, 0.4) is 0 Å². The minimum Gasteiger partial charge on any atom is -1.00 e. The van der Waals surface area contributed by atoms with Crippen molar-refractivity contribution in [2.45, 2.75) is 78.1 Å². The summed E-state index contributed by atoms with van der Waals surface area (Å²) in [6.07, 6.45) is 7.87. The molecule has 0 fully saturated rings. The Bertz CT molecular complexity index is 257. The Morgan fingerprint density at radius 3 is 1.40 bits per heavy atom. The summed E-state index contributed by atoms with van der Waals surface area (Å²) in [6, 6.07) is 0. The van der Waals surface area contributed by atoms with Crippen LogP contribution in [0.25, 0.3) is 0 Å². The third-order valence-electron chi connectivity index (χ3n) is 3.73. The number of carboxylic acid groups (broad SMARTS) is 2. The van der Waals surface area contributed by atoms with Crippen LogP contribution in [-0.2, 0) is 9.59 Å². The van der Waals surface area contributed by atoms with Gasteiger partial charge in [-0.3, -0.25) is 9.59 Å². The Labute approximate surface area is 166 Å². The number of rotatable bonds is 12. The fourth-order valence-corrected chi connectivity index (χ4v) is 2.35. The second-order valence-electron chi connectivity index (χ2n) is 5.31. The third-order valence-corrected chi connectivity index (χ3v) is 3.73. The van der Waals surface area contributed by atoms with Crippen molar-refractivity contribution in [1.29, 1.82) is 0 Å². The second-order valence-corrected chi connectivity index (χ2v) is 5.31. The van der Waals surface area contributed by atoms with Crippen LogP contribution in [0.5, 0.6) is 0 Å². The predicted molar refractivity (Wildman–Crippen MR) is 76.3 cm³/mol. The zero-order valence-electron chi connectivity index (χ0n) is 14.3. The standard InChI is InChI=1S/C15H28O4.K.H/c1-3-5-7-9-11-15(13(16)17,14(18)19)12-10-8-6-4-2;;/h3-12H2,1-2H3,(H,16,17)(H,18,19);;/q;+1;-1. The second kappa shape index (κ2) is 13.3. The van der Waals surface area contributed by atoms with E-state index in [0.717, 1.165) is 38.5 Å². The Kier molecular flexibility index (Phi) is 15.1. The van der Waals surface area contributed by atoms with Gasteiger partial charge in [0.2, 0.25) is 0 Å². The summed E-state index contributed by atoms with van der Waals surface area (Å²) in [5.41, 5.74) is -1.57. The Morgan fingerprint density at radius 2 is 1.15 bits per heavy atom. The van der Waals surface area contributed by atoms with Crippen LogP contribution in [0.15, 0.2) is 0 Å². The molecule has 2 N–H and O–H groups in total. The normalized spacial score (nSPS) is 10.9. The van der Waals surface area contributed by atoms with Gasteiger partial charge in [-0.25, -0.2) is 0 Å². The number of aliphatic carboxylic acids is 2. The zero-order valence-corrected chi connectivity index (χ0v) is 16.4. The quantitative estimate of drug-likeness (QED) is 0.323. The summed E-state index contributed by atoms with van der Waals surface area (Å²) < 4.78 is 0. The first-order valence-electron chi connectivity index (χ1n) is 7.48. The van der Waals surface area contributed by atoms with Crippen molar-refractivity contribution in [1.82, 2.24) is 0 Å². The SMILES string of the molecule is CCCCCCC(CCCCCC)(C(=O)O)C(=O)O.[H-].[K+]. The van der Waals surface area contributed by atoms with Gasteiger partial charge in [-0.2, -0.15) is 0 Å². The molecule has 0 spiro atoms. The van der Waals surface area contributed by atoms with Crippen LogP contribution in [0.2, 0.25) is 0 Å². The first-order valence-corrected chi connectivity index (χ1v) is 7.48. The summed E-state index contributed by atoms with van der Waals surface area (Å²) in [7, 11) is 0. The Balaban J connectivity index is -0.00000162. The molecule has 0 aromatic heterocycles. The van der Waals surface area contributed by atoms with E-state index in [2.05, 4.69) is 13.8 Å². The number of carbonyl (C=O) groups is 2. The van der Waals surface area contributed by atoms with Crippen LogP contribution in [-0.4, -0.2) is 22.2 Å². The van der Waals surface area contributed by atoms with E-state index in [1.807, 2.05) is 0 Å². The monoisotopic (exact) mass is 312 g/mol. The molecule has 0 aromatic rings. The van der Waals surface area contributed by atoms with Crippen LogP contribution in [0.4, 0.5) is 0 Å². The van der Waals surface area contributed by atoms with Gasteiger partial charge < -0.3 is 11.6 Å². The first kappa shape index (κ1) is 22.9. The van der Waals surface area contributed by atoms with Crippen molar-refractivity contribution >= 4 is 11.9 Å². The van der Waals surface area contributed by atoms with Crippen LogP contribution in [0.1, 0.15) is 79.5 Å². The average Bonchev–Trinajstić information content (AvgIpc) is 2.36. The van der Waals surface area contributed by atoms with Crippen LogP contribution in [0, 0.1) is 5.41 Å². The summed E-state index contributed by atoms with van der Waals surface area (Å²) >= 11 is 0. The van der Waals surface area contributed by atoms with Crippen molar-refractivity contribution in [2.75, 3.05) is 0 Å². The molecule has 0 radical (unpaired) electrons. The Morgan fingerprint density at radius 1 is 0.800 bits per heavy atom. The molecule has 0 aliphatic carbocycles. The molecule has 20 heavy (non-hydrogen) atoms. The van der Waals surface area contributed by atoms with Gasteiger partial charge in [0.15, 0.2) is 5.41 Å². The van der Waals surface area contributed by atoms with E-state index in [1.165, 1.54) is 0 Å². The molecule has 0 rings (SSSR count). The predicted octanol–water partition coefficient (Wildman–Crippen LogP) is 1.20. The topological polar surface area (TPSA) is 74.6 Å². The van der Waals surface area contributed by atoms with Crippen molar-refractivity contribution in [3.63, 3.8) is 0 Å². The summed E-state index contributed by atoms with van der Waals surface area (Å²) in [5, 5.41) is 18.7. The summed E-state index contributed by atoms with van der Waals surface area (Å²) in [4.78, 5) is 22.8. The molecule has 0 heterocycles. The maximum absolute atomic E-state index is 11.4. The summed E-state index contributed by atoms with van der Waals surface area (Å²) in [6.45, 7) is 4.15. The molecule has 0 saturated heterocycles. The van der Waals surface area contributed by atoms with Crippen LogP contribution >= 0.6 is 0 Å². The van der Waals surface area contributed by atoms with E-state index in [-0.39, 0.29) is 65.7 Å². The third kappa shape index (κ3) is 8.13. The zero-order chi connectivity index (χ0) is 14.7. The van der Waals surface area contributed by atoms with E-state index in [4.69, 9.17) is 0 Å². The molecule has 0 bridgehead atoms. The molecule has 4 nitrogen and oxygen atoms in total. The van der Waals surface area contributed by atoms with E-state index >= 15 is 0 Å². The van der Waals surface area contributed by atoms with E-state index in [9.17, 15) is 19.8 Å². The maximum atomic E-state index is 11.4. The van der Waals surface area contributed by atoms with Crippen molar-refractivity contribution in [3.05, 3.63) is 0 Å². The van der Waals surface area contributed by atoms with Gasteiger partial charge in [-0.15, -0.1) is 0 Å². The Hall–Kier alpha value is 0.576. The van der Waals surface area contributed by atoms with E-state index in [1.54, 1.807) is 0 Å².